The Morgan fingerprint density at radius 3 is 2.14 bits per heavy atom. The fourth-order valence-corrected chi connectivity index (χ4v) is 1.23. The molecule has 14 heavy (non-hydrogen) atoms. The molecule has 3 nitrogen and oxygen atoms in total. The number of hydroxylamine groups is 2. The van der Waals surface area contributed by atoms with E-state index in [1.807, 2.05) is 0 Å². The standard InChI is InChI=1S/C11H17NO2/c1-10-4-6-11(7-5-10)8-9-12(13-2)14-3/h4-7H,8-9H2,1-3H3. The maximum atomic E-state index is 4.96. The third-order valence-corrected chi connectivity index (χ3v) is 2.11. The Balaban J connectivity index is 2.41. The van der Waals surface area contributed by atoms with Crippen molar-refractivity contribution in [3.8, 4) is 0 Å². The molecule has 0 aromatic heterocycles. The predicted molar refractivity (Wildman–Crippen MR) is 55.6 cm³/mol. The van der Waals surface area contributed by atoms with E-state index < -0.39 is 0 Å². The van der Waals surface area contributed by atoms with Crippen molar-refractivity contribution in [1.82, 2.24) is 5.23 Å². The zero-order chi connectivity index (χ0) is 10.4. The molecule has 0 fully saturated rings. The Morgan fingerprint density at radius 2 is 1.64 bits per heavy atom. The summed E-state index contributed by atoms with van der Waals surface area (Å²) in [6, 6.07) is 8.47. The van der Waals surface area contributed by atoms with E-state index in [4.69, 9.17) is 9.68 Å². The second-order valence-electron chi connectivity index (χ2n) is 3.16. The van der Waals surface area contributed by atoms with Crippen LogP contribution in [0.15, 0.2) is 24.3 Å². The minimum absolute atomic E-state index is 0.732. The van der Waals surface area contributed by atoms with Crippen molar-refractivity contribution in [2.75, 3.05) is 20.8 Å². The molecule has 1 aromatic rings. The number of hydrogen-bond acceptors (Lipinski definition) is 3. The second kappa shape index (κ2) is 5.75. The summed E-state index contributed by atoms with van der Waals surface area (Å²) in [7, 11) is 3.19. The van der Waals surface area contributed by atoms with Gasteiger partial charge in [0, 0.05) is 0 Å². The van der Waals surface area contributed by atoms with Crippen molar-refractivity contribution in [3.05, 3.63) is 35.4 Å². The lowest BCUT2D eigenvalue weighted by molar-refractivity contribution is -0.341. The van der Waals surface area contributed by atoms with Crippen LogP contribution >= 0.6 is 0 Å². The maximum Gasteiger partial charge on any atom is 0.0601 e. The molecule has 3 heteroatoms. The van der Waals surface area contributed by atoms with Crippen LogP contribution in [0.2, 0.25) is 0 Å². The van der Waals surface area contributed by atoms with Gasteiger partial charge in [-0.1, -0.05) is 35.1 Å². The Morgan fingerprint density at radius 1 is 1.07 bits per heavy atom. The van der Waals surface area contributed by atoms with E-state index >= 15 is 0 Å². The van der Waals surface area contributed by atoms with Gasteiger partial charge in [0.15, 0.2) is 0 Å². The van der Waals surface area contributed by atoms with Crippen molar-refractivity contribution in [2.45, 2.75) is 13.3 Å². The molecule has 0 bridgehead atoms. The number of aryl methyl sites for hydroxylation is 1. The summed E-state index contributed by atoms with van der Waals surface area (Å²) in [5, 5.41) is 1.46. The minimum atomic E-state index is 0.732. The molecule has 0 aliphatic rings. The molecule has 0 aliphatic carbocycles. The van der Waals surface area contributed by atoms with Crippen molar-refractivity contribution < 1.29 is 9.68 Å². The number of nitrogens with zero attached hydrogens (tertiary/aromatic N) is 1. The summed E-state index contributed by atoms with van der Waals surface area (Å²) in [5.74, 6) is 0. The highest BCUT2D eigenvalue weighted by Gasteiger charge is 2.01. The Hall–Kier alpha value is -0.900. The van der Waals surface area contributed by atoms with Crippen LogP contribution in [0.1, 0.15) is 11.1 Å². The Bertz CT molecular complexity index is 254. The van der Waals surface area contributed by atoms with E-state index in [-0.39, 0.29) is 0 Å². The van der Waals surface area contributed by atoms with Crippen LogP contribution in [0.3, 0.4) is 0 Å². The van der Waals surface area contributed by atoms with Crippen LogP contribution in [0.4, 0.5) is 0 Å². The molecule has 0 saturated carbocycles. The number of rotatable bonds is 5. The fourth-order valence-electron chi connectivity index (χ4n) is 1.23. The van der Waals surface area contributed by atoms with Crippen molar-refractivity contribution in [2.24, 2.45) is 0 Å². The van der Waals surface area contributed by atoms with E-state index in [2.05, 4.69) is 31.2 Å². The molecule has 0 radical (unpaired) electrons. The average Bonchev–Trinajstić information content (AvgIpc) is 2.22. The van der Waals surface area contributed by atoms with E-state index in [0.29, 0.717) is 0 Å². The number of hydrogen-bond donors (Lipinski definition) is 0. The Labute approximate surface area is 85.2 Å². The van der Waals surface area contributed by atoms with Gasteiger partial charge < -0.3 is 0 Å². The molecule has 0 amide bonds. The number of benzene rings is 1. The van der Waals surface area contributed by atoms with E-state index in [0.717, 1.165) is 13.0 Å². The van der Waals surface area contributed by atoms with E-state index in [1.54, 1.807) is 14.2 Å². The Kier molecular flexibility index (Phi) is 4.59. The maximum absolute atomic E-state index is 4.96. The summed E-state index contributed by atoms with van der Waals surface area (Å²) in [5.41, 5.74) is 2.57. The molecule has 0 N–H and O–H groups in total. The van der Waals surface area contributed by atoms with Crippen molar-refractivity contribution >= 4 is 0 Å². The van der Waals surface area contributed by atoms with Crippen LogP contribution in [-0.4, -0.2) is 26.0 Å². The van der Waals surface area contributed by atoms with Crippen LogP contribution < -0.4 is 0 Å². The highest BCUT2D eigenvalue weighted by atomic mass is 16.9. The molecule has 0 atom stereocenters. The van der Waals surface area contributed by atoms with Gasteiger partial charge in [0.05, 0.1) is 20.8 Å². The molecular weight excluding hydrogens is 178 g/mol. The van der Waals surface area contributed by atoms with Gasteiger partial charge in [-0.2, -0.15) is 0 Å². The zero-order valence-electron chi connectivity index (χ0n) is 8.99. The molecule has 0 saturated heterocycles. The average molecular weight is 195 g/mol. The first-order valence-corrected chi connectivity index (χ1v) is 4.67. The zero-order valence-corrected chi connectivity index (χ0v) is 8.99. The molecule has 0 unspecified atom stereocenters. The van der Waals surface area contributed by atoms with Crippen LogP contribution in [0.5, 0.6) is 0 Å². The lowest BCUT2D eigenvalue weighted by Gasteiger charge is -2.15. The smallest absolute Gasteiger partial charge is 0.0601 e. The third-order valence-electron chi connectivity index (χ3n) is 2.11. The summed E-state index contributed by atoms with van der Waals surface area (Å²) < 4.78 is 0. The lowest BCUT2D eigenvalue weighted by atomic mass is 10.1. The molecule has 0 spiro atoms. The molecule has 1 rings (SSSR count). The first kappa shape index (κ1) is 11.2. The fraction of sp³-hybridized carbons (Fsp3) is 0.455. The van der Waals surface area contributed by atoms with Crippen LogP contribution in [-0.2, 0) is 16.1 Å². The molecule has 0 heterocycles. The molecule has 0 aliphatic heterocycles. The van der Waals surface area contributed by atoms with Crippen molar-refractivity contribution in [1.29, 1.82) is 0 Å². The minimum Gasteiger partial charge on any atom is -0.278 e. The molecular formula is C11H17NO2. The summed E-state index contributed by atoms with van der Waals surface area (Å²) in [4.78, 5) is 9.91. The highest BCUT2D eigenvalue weighted by molar-refractivity contribution is 5.21. The normalized spacial score (nSPS) is 10.9. The molecule has 1 aromatic carbocycles. The second-order valence-corrected chi connectivity index (χ2v) is 3.16. The third kappa shape index (κ3) is 3.46. The first-order valence-electron chi connectivity index (χ1n) is 4.67. The highest BCUT2D eigenvalue weighted by Crippen LogP contribution is 2.04. The van der Waals surface area contributed by atoms with Gasteiger partial charge >= 0.3 is 0 Å². The SMILES string of the molecule is CON(CCc1ccc(C)cc1)OC. The monoisotopic (exact) mass is 195 g/mol. The largest absolute Gasteiger partial charge is 0.278 e. The van der Waals surface area contributed by atoms with Gasteiger partial charge in [-0.3, -0.25) is 9.68 Å². The van der Waals surface area contributed by atoms with Crippen molar-refractivity contribution in [3.63, 3.8) is 0 Å². The van der Waals surface area contributed by atoms with Gasteiger partial charge in [-0.25, -0.2) is 0 Å². The van der Waals surface area contributed by atoms with E-state index in [9.17, 15) is 0 Å². The first-order chi connectivity index (χ1) is 6.76. The lowest BCUT2D eigenvalue weighted by Crippen LogP contribution is -2.23. The van der Waals surface area contributed by atoms with Gasteiger partial charge in [0.2, 0.25) is 0 Å². The topological polar surface area (TPSA) is 21.7 Å². The van der Waals surface area contributed by atoms with Gasteiger partial charge in [0.1, 0.15) is 0 Å². The summed E-state index contributed by atoms with van der Waals surface area (Å²) in [6.07, 6.45) is 0.919. The predicted octanol–water partition coefficient (Wildman–Crippen LogP) is 1.96. The summed E-state index contributed by atoms with van der Waals surface area (Å²) in [6.45, 7) is 2.82. The summed E-state index contributed by atoms with van der Waals surface area (Å²) >= 11 is 0. The van der Waals surface area contributed by atoms with Crippen LogP contribution in [0.25, 0.3) is 0 Å². The molecule has 78 valence electrons. The van der Waals surface area contributed by atoms with Gasteiger partial charge in [-0.05, 0) is 18.9 Å². The van der Waals surface area contributed by atoms with E-state index in [1.165, 1.54) is 16.4 Å². The van der Waals surface area contributed by atoms with Gasteiger partial charge in [0.25, 0.3) is 0 Å². The van der Waals surface area contributed by atoms with Gasteiger partial charge in [-0.15, -0.1) is 0 Å². The van der Waals surface area contributed by atoms with Crippen LogP contribution in [0, 0.1) is 6.92 Å². The quantitative estimate of drug-likeness (QED) is 0.670.